The third-order valence-corrected chi connectivity index (χ3v) is 8.12. The van der Waals surface area contributed by atoms with Crippen LogP contribution in [-0.4, -0.2) is 75.6 Å². The van der Waals surface area contributed by atoms with Gasteiger partial charge in [-0.2, -0.15) is 0 Å². The molecule has 0 aromatic carbocycles. The molecular formula is C32H67NO7P+. The summed E-state index contributed by atoms with van der Waals surface area (Å²) in [4.78, 5) is 21.9. The number of unbranched alkanes of at least 4 members (excludes halogenated alkanes) is 17. The Hall–Kier alpha value is -0.500. The van der Waals surface area contributed by atoms with Crippen molar-refractivity contribution in [3.63, 3.8) is 0 Å². The number of rotatable bonds is 31. The van der Waals surface area contributed by atoms with E-state index in [1.54, 1.807) is 0 Å². The van der Waals surface area contributed by atoms with Crippen molar-refractivity contribution in [2.24, 2.45) is 0 Å². The molecule has 1 unspecified atom stereocenters. The average Bonchev–Trinajstić information content (AvgIpc) is 2.89. The van der Waals surface area contributed by atoms with Gasteiger partial charge in [0.2, 0.25) is 0 Å². The fourth-order valence-electron chi connectivity index (χ4n) is 4.53. The Morgan fingerprint density at radius 2 is 1.12 bits per heavy atom. The van der Waals surface area contributed by atoms with Crippen molar-refractivity contribution in [2.45, 2.75) is 148 Å². The average molecular weight is 609 g/mol. The molecule has 0 aromatic heterocycles. The Labute approximate surface area is 253 Å². The number of esters is 1. The molecule has 9 heteroatoms. The van der Waals surface area contributed by atoms with Crippen LogP contribution in [0.1, 0.15) is 142 Å². The number of hydrogen-bond donors (Lipinski definition) is 1. The van der Waals surface area contributed by atoms with Crippen molar-refractivity contribution in [1.29, 1.82) is 0 Å². The van der Waals surface area contributed by atoms with Crippen molar-refractivity contribution in [3.05, 3.63) is 0 Å². The molecule has 246 valence electrons. The number of carbonyl (C=O) groups is 1. The van der Waals surface area contributed by atoms with Crippen LogP contribution in [0.25, 0.3) is 0 Å². The highest BCUT2D eigenvalue weighted by Crippen LogP contribution is 2.43. The lowest BCUT2D eigenvalue weighted by Crippen LogP contribution is -2.37. The summed E-state index contributed by atoms with van der Waals surface area (Å²) in [6.07, 6.45) is 24.2. The normalized spacial score (nSPS) is 14.2. The molecule has 0 amide bonds. The molecule has 0 fully saturated rings. The molecule has 0 aliphatic rings. The number of carbonyl (C=O) groups excluding carboxylic acids is 1. The Morgan fingerprint density at radius 3 is 1.56 bits per heavy atom. The van der Waals surface area contributed by atoms with Gasteiger partial charge >= 0.3 is 13.8 Å². The van der Waals surface area contributed by atoms with Crippen LogP contribution >= 0.6 is 7.82 Å². The Balaban J connectivity index is 3.82. The van der Waals surface area contributed by atoms with Crippen LogP contribution in [-0.2, 0) is 27.9 Å². The third kappa shape index (κ3) is 30.8. The van der Waals surface area contributed by atoms with Crippen molar-refractivity contribution >= 4 is 13.8 Å². The molecule has 0 radical (unpaired) electrons. The van der Waals surface area contributed by atoms with Gasteiger partial charge in [-0.1, -0.05) is 123 Å². The van der Waals surface area contributed by atoms with E-state index in [9.17, 15) is 14.3 Å². The van der Waals surface area contributed by atoms with Gasteiger partial charge in [0.25, 0.3) is 0 Å². The molecule has 0 saturated carbocycles. The maximum atomic E-state index is 12.2. The largest absolute Gasteiger partial charge is 0.472 e. The van der Waals surface area contributed by atoms with E-state index in [1.165, 1.54) is 103 Å². The van der Waals surface area contributed by atoms with E-state index in [1.807, 2.05) is 28.1 Å². The van der Waals surface area contributed by atoms with E-state index in [-0.39, 0.29) is 32.2 Å². The molecule has 41 heavy (non-hydrogen) atoms. The summed E-state index contributed by atoms with van der Waals surface area (Å²) in [5.74, 6) is -0.364. The molecule has 0 aliphatic heterocycles. The molecule has 0 heterocycles. The fourth-order valence-corrected chi connectivity index (χ4v) is 5.27. The highest BCUT2D eigenvalue weighted by molar-refractivity contribution is 7.47. The second-order valence-electron chi connectivity index (χ2n) is 12.6. The summed E-state index contributed by atoms with van der Waals surface area (Å²) in [5, 5.41) is 0. The summed E-state index contributed by atoms with van der Waals surface area (Å²) in [5.41, 5.74) is 0. The first-order valence-corrected chi connectivity index (χ1v) is 18.3. The smallest absolute Gasteiger partial charge is 0.457 e. The first kappa shape index (κ1) is 40.5. The van der Waals surface area contributed by atoms with Gasteiger partial charge in [-0.05, 0) is 12.8 Å². The molecule has 0 aromatic rings. The minimum atomic E-state index is -4.23. The number of quaternary nitrogens is 1. The van der Waals surface area contributed by atoms with Crippen LogP contribution in [0.4, 0.5) is 0 Å². The number of nitrogens with zero attached hydrogens (tertiary/aromatic N) is 1. The van der Waals surface area contributed by atoms with E-state index in [4.69, 9.17) is 18.5 Å². The summed E-state index contributed by atoms with van der Waals surface area (Å²) >= 11 is 0. The third-order valence-electron chi connectivity index (χ3n) is 7.14. The van der Waals surface area contributed by atoms with Gasteiger partial charge in [-0.25, -0.2) is 4.57 Å². The predicted octanol–water partition coefficient (Wildman–Crippen LogP) is 8.60. The van der Waals surface area contributed by atoms with Gasteiger partial charge in [0.1, 0.15) is 19.3 Å². The van der Waals surface area contributed by atoms with Gasteiger partial charge < -0.3 is 18.9 Å². The van der Waals surface area contributed by atoms with Gasteiger partial charge in [0, 0.05) is 13.0 Å². The zero-order valence-corrected chi connectivity index (χ0v) is 28.4. The van der Waals surface area contributed by atoms with Crippen LogP contribution in [0.2, 0.25) is 0 Å². The maximum Gasteiger partial charge on any atom is 0.472 e. The lowest BCUT2D eigenvalue weighted by Gasteiger charge is -2.24. The number of phosphoric acid groups is 1. The topological polar surface area (TPSA) is 91.3 Å². The highest BCUT2D eigenvalue weighted by atomic mass is 31.2. The molecular weight excluding hydrogens is 541 g/mol. The van der Waals surface area contributed by atoms with E-state index in [0.29, 0.717) is 24.1 Å². The van der Waals surface area contributed by atoms with Crippen LogP contribution in [0.15, 0.2) is 0 Å². The monoisotopic (exact) mass is 608 g/mol. The van der Waals surface area contributed by atoms with Crippen molar-refractivity contribution in [3.8, 4) is 0 Å². The van der Waals surface area contributed by atoms with Crippen LogP contribution in [0.3, 0.4) is 0 Å². The number of hydrogen-bond acceptors (Lipinski definition) is 6. The van der Waals surface area contributed by atoms with Gasteiger partial charge in [-0.15, -0.1) is 0 Å². The van der Waals surface area contributed by atoms with Crippen molar-refractivity contribution in [1.82, 2.24) is 0 Å². The maximum absolute atomic E-state index is 12.2. The minimum Gasteiger partial charge on any atom is -0.457 e. The zero-order valence-electron chi connectivity index (χ0n) is 27.5. The second kappa shape index (κ2) is 27.1. The Bertz CT molecular complexity index is 642. The zero-order chi connectivity index (χ0) is 30.7. The SMILES string of the molecule is CCCCCCCCCCCCCCCCCCCCOC[C@H](COP(=O)(O)OCC[N+](C)(C)C)OC(=O)CCC. The Kier molecular flexibility index (Phi) is 26.7. The number of ether oxygens (including phenoxy) is 2. The lowest BCUT2D eigenvalue weighted by molar-refractivity contribution is -0.870. The second-order valence-corrected chi connectivity index (χ2v) is 14.0. The molecule has 2 atom stereocenters. The standard InChI is InChI=1S/C32H66NO7P/c1-6-8-9-10-11-12-13-14-15-16-17-18-19-20-21-22-23-24-27-37-29-31(40-32(34)25-7-2)30-39-41(35,36)38-28-26-33(3,4)5/h31H,6-30H2,1-5H3/p+1/t31-/m1/s1. The van der Waals surface area contributed by atoms with Crippen LogP contribution in [0, 0.1) is 0 Å². The molecule has 8 nitrogen and oxygen atoms in total. The fraction of sp³-hybridized carbons (Fsp3) is 0.969. The predicted molar refractivity (Wildman–Crippen MR) is 169 cm³/mol. The van der Waals surface area contributed by atoms with E-state index in [2.05, 4.69) is 6.92 Å². The van der Waals surface area contributed by atoms with E-state index in [0.717, 1.165) is 12.8 Å². The quantitative estimate of drug-likeness (QED) is 0.0365. The Morgan fingerprint density at radius 1 is 0.659 bits per heavy atom. The summed E-state index contributed by atoms with van der Waals surface area (Å²) < 4.78 is 34.1. The molecule has 0 aliphatic carbocycles. The summed E-state index contributed by atoms with van der Waals surface area (Å²) in [7, 11) is 1.67. The number of likely N-dealkylation sites (N-methyl/N-ethyl adjacent to an activating group) is 1. The first-order valence-electron chi connectivity index (χ1n) is 16.8. The van der Waals surface area contributed by atoms with Gasteiger partial charge in [0.15, 0.2) is 0 Å². The van der Waals surface area contributed by atoms with Crippen LogP contribution in [0.5, 0.6) is 0 Å². The summed E-state index contributed by atoms with van der Waals surface area (Å²) in [6, 6.07) is 0. The lowest BCUT2D eigenvalue weighted by atomic mass is 10.0. The summed E-state index contributed by atoms with van der Waals surface area (Å²) in [6.45, 7) is 5.28. The highest BCUT2D eigenvalue weighted by Gasteiger charge is 2.26. The minimum absolute atomic E-state index is 0.0907. The van der Waals surface area contributed by atoms with E-state index < -0.39 is 13.9 Å². The van der Waals surface area contributed by atoms with Gasteiger partial charge in [-0.3, -0.25) is 13.8 Å². The molecule has 0 bridgehead atoms. The van der Waals surface area contributed by atoms with Crippen LogP contribution < -0.4 is 0 Å². The molecule has 0 rings (SSSR count). The molecule has 1 N–H and O–H groups in total. The van der Waals surface area contributed by atoms with Gasteiger partial charge in [0.05, 0.1) is 34.4 Å². The van der Waals surface area contributed by atoms with Crippen molar-refractivity contribution < 1.29 is 37.3 Å². The molecule has 0 saturated heterocycles. The van der Waals surface area contributed by atoms with Crippen molar-refractivity contribution in [2.75, 3.05) is 54.1 Å². The first-order chi connectivity index (χ1) is 19.6. The number of phosphoric ester groups is 1. The molecule has 0 spiro atoms. The van der Waals surface area contributed by atoms with E-state index >= 15 is 0 Å².